The molecule has 1 rings (SSSR count). The van der Waals surface area contributed by atoms with Crippen LogP contribution in [0.15, 0.2) is 0 Å². The fraction of sp³-hybridized carbons (Fsp3) is 0.833. The maximum Gasteiger partial charge on any atom is 0.327 e. The molecule has 1 heterocycles. The maximum atomic E-state index is 11.8. The van der Waals surface area contributed by atoms with E-state index in [9.17, 15) is 9.59 Å². The lowest BCUT2D eigenvalue weighted by Gasteiger charge is -2.20. The second kappa shape index (κ2) is 8.27. The standard InChI is InChI=1S/C12H22N2O4S/c1-9(2)3-5-18-6-4-13-12(17)14-8-19-7-10(14)11(15)16/h9-10H,3-8H2,1-2H3,(H,13,17)(H,15,16)/t10-/m0/s1. The van der Waals surface area contributed by atoms with Crippen LogP contribution in [0.1, 0.15) is 20.3 Å². The van der Waals surface area contributed by atoms with Gasteiger partial charge in [0.15, 0.2) is 0 Å². The zero-order valence-electron chi connectivity index (χ0n) is 11.4. The van der Waals surface area contributed by atoms with E-state index in [-0.39, 0.29) is 6.03 Å². The van der Waals surface area contributed by atoms with Crippen LogP contribution in [0.25, 0.3) is 0 Å². The highest BCUT2D eigenvalue weighted by atomic mass is 32.2. The SMILES string of the molecule is CC(C)CCOCCNC(=O)N1CSC[C@H]1C(=O)O. The molecule has 0 saturated carbocycles. The summed E-state index contributed by atoms with van der Waals surface area (Å²) in [5.41, 5.74) is 0. The number of aliphatic carboxylic acids is 1. The number of urea groups is 1. The summed E-state index contributed by atoms with van der Waals surface area (Å²) in [7, 11) is 0. The van der Waals surface area contributed by atoms with Crippen LogP contribution in [-0.2, 0) is 9.53 Å². The number of hydrogen-bond donors (Lipinski definition) is 2. The molecule has 1 fully saturated rings. The number of nitrogens with zero attached hydrogens (tertiary/aromatic N) is 1. The second-order valence-electron chi connectivity index (χ2n) is 4.85. The average molecular weight is 290 g/mol. The number of ether oxygens (including phenoxy) is 1. The number of rotatable bonds is 7. The van der Waals surface area contributed by atoms with Gasteiger partial charge in [0, 0.05) is 18.9 Å². The fourth-order valence-electron chi connectivity index (χ4n) is 1.60. The minimum absolute atomic E-state index is 0.329. The largest absolute Gasteiger partial charge is 0.480 e. The molecule has 2 amide bonds. The van der Waals surface area contributed by atoms with Crippen LogP contribution in [0.2, 0.25) is 0 Å². The van der Waals surface area contributed by atoms with Gasteiger partial charge in [-0.3, -0.25) is 0 Å². The van der Waals surface area contributed by atoms with E-state index in [0.29, 0.717) is 37.3 Å². The Balaban J connectivity index is 2.15. The molecule has 110 valence electrons. The predicted molar refractivity (Wildman–Crippen MR) is 74.3 cm³/mol. The van der Waals surface area contributed by atoms with E-state index in [2.05, 4.69) is 19.2 Å². The Hall–Kier alpha value is -0.950. The Bertz CT molecular complexity index is 312. The molecule has 0 aromatic rings. The van der Waals surface area contributed by atoms with Crippen LogP contribution >= 0.6 is 11.8 Å². The van der Waals surface area contributed by atoms with E-state index < -0.39 is 12.0 Å². The summed E-state index contributed by atoms with van der Waals surface area (Å²) in [6, 6.07) is -1.04. The molecule has 1 aliphatic heterocycles. The van der Waals surface area contributed by atoms with Crippen molar-refractivity contribution in [2.45, 2.75) is 26.3 Å². The van der Waals surface area contributed by atoms with Gasteiger partial charge in [0.2, 0.25) is 0 Å². The number of carboxylic acids is 1. The predicted octanol–water partition coefficient (Wildman–Crippen LogP) is 1.22. The third kappa shape index (κ3) is 5.69. The first-order valence-corrected chi connectivity index (χ1v) is 7.60. The smallest absolute Gasteiger partial charge is 0.327 e. The van der Waals surface area contributed by atoms with Crippen LogP contribution in [0, 0.1) is 5.92 Å². The number of amides is 2. The minimum Gasteiger partial charge on any atom is -0.480 e. The molecular formula is C12H22N2O4S. The Labute approximate surface area is 117 Å². The van der Waals surface area contributed by atoms with Crippen molar-refractivity contribution in [3.63, 3.8) is 0 Å². The molecule has 0 spiro atoms. The fourth-order valence-corrected chi connectivity index (χ4v) is 2.75. The molecule has 1 aliphatic rings. The summed E-state index contributed by atoms with van der Waals surface area (Å²) in [5.74, 6) is 0.533. The molecule has 0 aliphatic carbocycles. The third-order valence-electron chi connectivity index (χ3n) is 2.79. The number of hydrogen-bond acceptors (Lipinski definition) is 4. The summed E-state index contributed by atoms with van der Waals surface area (Å²) < 4.78 is 5.38. The van der Waals surface area contributed by atoms with E-state index >= 15 is 0 Å². The summed E-state index contributed by atoms with van der Waals surface area (Å²) in [6.45, 7) is 5.80. The molecule has 1 saturated heterocycles. The topological polar surface area (TPSA) is 78.9 Å². The summed E-state index contributed by atoms with van der Waals surface area (Å²) in [4.78, 5) is 24.1. The van der Waals surface area contributed by atoms with Crippen LogP contribution in [0.3, 0.4) is 0 Å². The van der Waals surface area contributed by atoms with Gasteiger partial charge in [-0.2, -0.15) is 0 Å². The van der Waals surface area contributed by atoms with Gasteiger partial charge < -0.3 is 20.1 Å². The second-order valence-corrected chi connectivity index (χ2v) is 5.85. The molecule has 0 bridgehead atoms. The number of carboxylic acid groups (broad SMARTS) is 1. The molecule has 19 heavy (non-hydrogen) atoms. The summed E-state index contributed by atoms with van der Waals surface area (Å²) in [6.07, 6.45) is 0.998. The molecule has 0 aromatic carbocycles. The lowest BCUT2D eigenvalue weighted by molar-refractivity contribution is -0.140. The van der Waals surface area contributed by atoms with E-state index in [1.165, 1.54) is 16.7 Å². The highest BCUT2D eigenvalue weighted by Gasteiger charge is 2.34. The molecule has 0 unspecified atom stereocenters. The Morgan fingerprint density at radius 1 is 1.47 bits per heavy atom. The lowest BCUT2D eigenvalue weighted by atomic mass is 10.1. The monoisotopic (exact) mass is 290 g/mol. The highest BCUT2D eigenvalue weighted by molar-refractivity contribution is 7.99. The minimum atomic E-state index is -0.951. The Morgan fingerprint density at radius 2 is 2.21 bits per heavy atom. The lowest BCUT2D eigenvalue weighted by Crippen LogP contribution is -2.47. The van der Waals surface area contributed by atoms with Gasteiger partial charge in [0.05, 0.1) is 12.5 Å². The van der Waals surface area contributed by atoms with E-state index in [0.717, 1.165) is 6.42 Å². The molecule has 0 radical (unpaired) electrons. The van der Waals surface area contributed by atoms with Gasteiger partial charge in [0.25, 0.3) is 0 Å². The van der Waals surface area contributed by atoms with Crippen LogP contribution in [0.5, 0.6) is 0 Å². The van der Waals surface area contributed by atoms with Crippen LogP contribution < -0.4 is 5.32 Å². The van der Waals surface area contributed by atoms with Crippen molar-refractivity contribution in [1.82, 2.24) is 10.2 Å². The summed E-state index contributed by atoms with van der Waals surface area (Å²) in [5, 5.41) is 11.6. The Kier molecular flexibility index (Phi) is 7.01. The zero-order chi connectivity index (χ0) is 14.3. The number of carbonyl (C=O) groups is 2. The third-order valence-corrected chi connectivity index (χ3v) is 3.80. The molecule has 7 heteroatoms. The van der Waals surface area contributed by atoms with Crippen LogP contribution in [-0.4, -0.2) is 59.4 Å². The van der Waals surface area contributed by atoms with Crippen molar-refractivity contribution in [2.24, 2.45) is 5.92 Å². The number of thioether (sulfide) groups is 1. The van der Waals surface area contributed by atoms with E-state index in [4.69, 9.17) is 9.84 Å². The first-order chi connectivity index (χ1) is 9.02. The number of carbonyl (C=O) groups excluding carboxylic acids is 1. The van der Waals surface area contributed by atoms with Crippen molar-refractivity contribution < 1.29 is 19.4 Å². The molecular weight excluding hydrogens is 268 g/mol. The van der Waals surface area contributed by atoms with E-state index in [1.54, 1.807) is 0 Å². The van der Waals surface area contributed by atoms with Crippen molar-refractivity contribution in [1.29, 1.82) is 0 Å². The van der Waals surface area contributed by atoms with Gasteiger partial charge in [-0.1, -0.05) is 13.8 Å². The van der Waals surface area contributed by atoms with Gasteiger partial charge in [0.1, 0.15) is 6.04 Å². The Morgan fingerprint density at radius 3 is 2.84 bits per heavy atom. The van der Waals surface area contributed by atoms with E-state index in [1.807, 2.05) is 0 Å². The summed E-state index contributed by atoms with van der Waals surface area (Å²) >= 11 is 1.45. The van der Waals surface area contributed by atoms with Crippen molar-refractivity contribution in [3.8, 4) is 0 Å². The van der Waals surface area contributed by atoms with Gasteiger partial charge in [-0.25, -0.2) is 9.59 Å². The molecule has 0 aromatic heterocycles. The molecule has 2 N–H and O–H groups in total. The first kappa shape index (κ1) is 16.1. The quantitative estimate of drug-likeness (QED) is 0.689. The van der Waals surface area contributed by atoms with Gasteiger partial charge in [-0.15, -0.1) is 11.8 Å². The van der Waals surface area contributed by atoms with Crippen molar-refractivity contribution >= 4 is 23.8 Å². The molecule has 6 nitrogen and oxygen atoms in total. The molecule has 1 atom stereocenters. The zero-order valence-corrected chi connectivity index (χ0v) is 12.2. The number of nitrogens with one attached hydrogen (secondary N) is 1. The van der Waals surface area contributed by atoms with Crippen LogP contribution in [0.4, 0.5) is 4.79 Å². The van der Waals surface area contributed by atoms with Gasteiger partial charge in [-0.05, 0) is 12.3 Å². The highest BCUT2D eigenvalue weighted by Crippen LogP contribution is 2.20. The normalized spacial score (nSPS) is 18.9. The van der Waals surface area contributed by atoms with Crippen molar-refractivity contribution in [3.05, 3.63) is 0 Å². The maximum absolute atomic E-state index is 11.8. The average Bonchev–Trinajstić information content (AvgIpc) is 2.82. The first-order valence-electron chi connectivity index (χ1n) is 6.45. The van der Waals surface area contributed by atoms with Crippen molar-refractivity contribution in [2.75, 3.05) is 31.4 Å². The van der Waals surface area contributed by atoms with Gasteiger partial charge >= 0.3 is 12.0 Å².